The lowest BCUT2D eigenvalue weighted by molar-refractivity contribution is -0.120. The molecule has 1 unspecified atom stereocenters. The predicted octanol–water partition coefficient (Wildman–Crippen LogP) is 2.34. The Morgan fingerprint density at radius 1 is 1.14 bits per heavy atom. The van der Waals surface area contributed by atoms with Gasteiger partial charge in [-0.25, -0.2) is 0 Å². The number of primary amides is 1. The summed E-state index contributed by atoms with van der Waals surface area (Å²) >= 11 is 0. The molecule has 0 aliphatic carbocycles. The molecule has 0 spiro atoms. The zero-order chi connectivity index (χ0) is 20.4. The molecule has 8 nitrogen and oxygen atoms in total. The van der Waals surface area contributed by atoms with Crippen molar-refractivity contribution in [2.24, 2.45) is 5.73 Å². The summed E-state index contributed by atoms with van der Waals surface area (Å²) in [6.45, 7) is 2.16. The number of carbonyl (C=O) groups excluding carboxylic acids is 2. The summed E-state index contributed by atoms with van der Waals surface area (Å²) in [6, 6.07) is 17.1. The van der Waals surface area contributed by atoms with E-state index in [1.807, 2.05) is 43.3 Å². The van der Waals surface area contributed by atoms with Gasteiger partial charge in [0.2, 0.25) is 5.91 Å². The van der Waals surface area contributed by atoms with Crippen molar-refractivity contribution in [1.29, 1.82) is 0 Å². The van der Waals surface area contributed by atoms with Gasteiger partial charge in [0.25, 0.3) is 5.91 Å². The Balaban J connectivity index is 1.68. The minimum Gasteiger partial charge on any atom is -0.368 e. The molecule has 0 radical (unpaired) electrons. The first-order chi connectivity index (χ1) is 14.0. The van der Waals surface area contributed by atoms with Crippen LogP contribution in [0.1, 0.15) is 33.5 Å². The zero-order valence-electron chi connectivity index (χ0n) is 15.7. The number of para-hydroxylation sites is 1. The van der Waals surface area contributed by atoms with Crippen molar-refractivity contribution in [3.8, 4) is 0 Å². The van der Waals surface area contributed by atoms with E-state index in [4.69, 9.17) is 10.3 Å². The van der Waals surface area contributed by atoms with Crippen LogP contribution in [0.15, 0.2) is 65.2 Å². The summed E-state index contributed by atoms with van der Waals surface area (Å²) in [5.41, 5.74) is 7.81. The molecule has 146 valence electrons. The minimum atomic E-state index is -0.953. The van der Waals surface area contributed by atoms with Crippen LogP contribution in [0.5, 0.6) is 0 Å². The van der Waals surface area contributed by atoms with Gasteiger partial charge in [0, 0.05) is 11.5 Å². The summed E-state index contributed by atoms with van der Waals surface area (Å²) < 4.78 is 6.79. The highest BCUT2D eigenvalue weighted by atomic mass is 16.5. The Bertz CT molecular complexity index is 1180. The lowest BCUT2D eigenvalue weighted by Gasteiger charge is -2.15. The number of benzene rings is 2. The van der Waals surface area contributed by atoms with Crippen LogP contribution < -0.4 is 11.1 Å². The SMILES string of the molecule is Cc1cc(Cn2nc(C(=O)NC(C(N)=O)c3ccccc3)c3ccccc32)no1. The Morgan fingerprint density at radius 2 is 1.86 bits per heavy atom. The second kappa shape index (κ2) is 7.59. The van der Waals surface area contributed by atoms with Crippen LogP contribution in [0.2, 0.25) is 0 Å². The summed E-state index contributed by atoms with van der Waals surface area (Å²) in [4.78, 5) is 24.9. The van der Waals surface area contributed by atoms with E-state index in [0.29, 0.717) is 28.9 Å². The molecule has 0 aliphatic heterocycles. The molecule has 3 N–H and O–H groups in total. The molecule has 0 saturated heterocycles. The molecule has 2 aromatic heterocycles. The van der Waals surface area contributed by atoms with Crippen molar-refractivity contribution in [1.82, 2.24) is 20.3 Å². The summed E-state index contributed by atoms with van der Waals surface area (Å²) in [5, 5.41) is 11.8. The van der Waals surface area contributed by atoms with Crippen molar-refractivity contribution in [2.45, 2.75) is 19.5 Å². The van der Waals surface area contributed by atoms with E-state index in [9.17, 15) is 9.59 Å². The number of nitrogens with zero attached hydrogens (tertiary/aromatic N) is 3. The first kappa shape index (κ1) is 18.4. The summed E-state index contributed by atoms with van der Waals surface area (Å²) in [6.07, 6.45) is 0. The fourth-order valence-electron chi connectivity index (χ4n) is 3.23. The Labute approximate surface area is 166 Å². The van der Waals surface area contributed by atoms with E-state index in [-0.39, 0.29) is 5.69 Å². The molecular weight excluding hydrogens is 370 g/mol. The lowest BCUT2D eigenvalue weighted by Crippen LogP contribution is -2.37. The third-order valence-corrected chi connectivity index (χ3v) is 4.55. The second-order valence-electron chi connectivity index (χ2n) is 6.67. The van der Waals surface area contributed by atoms with Gasteiger partial charge in [0.05, 0.1) is 12.1 Å². The minimum absolute atomic E-state index is 0.211. The molecular formula is C21H19N5O3. The number of hydrogen-bond acceptors (Lipinski definition) is 5. The highest BCUT2D eigenvalue weighted by molar-refractivity contribution is 6.06. The number of hydrogen-bond donors (Lipinski definition) is 2. The normalized spacial score (nSPS) is 12.0. The van der Waals surface area contributed by atoms with Crippen molar-refractivity contribution >= 4 is 22.7 Å². The third kappa shape index (κ3) is 3.73. The van der Waals surface area contributed by atoms with Gasteiger partial charge in [0.1, 0.15) is 17.5 Å². The predicted molar refractivity (Wildman–Crippen MR) is 106 cm³/mol. The van der Waals surface area contributed by atoms with E-state index < -0.39 is 17.9 Å². The highest BCUT2D eigenvalue weighted by Gasteiger charge is 2.24. The average molecular weight is 389 g/mol. The Morgan fingerprint density at radius 3 is 2.55 bits per heavy atom. The van der Waals surface area contributed by atoms with E-state index >= 15 is 0 Å². The number of carbonyl (C=O) groups is 2. The van der Waals surface area contributed by atoms with Crippen molar-refractivity contribution in [3.63, 3.8) is 0 Å². The molecule has 0 aliphatic rings. The molecule has 0 bridgehead atoms. The number of aryl methyl sites for hydroxylation is 1. The number of nitrogens with two attached hydrogens (primary N) is 1. The maximum Gasteiger partial charge on any atom is 0.273 e. The van der Waals surface area contributed by atoms with Crippen molar-refractivity contribution in [2.75, 3.05) is 0 Å². The van der Waals surface area contributed by atoms with Crippen molar-refractivity contribution < 1.29 is 14.1 Å². The molecule has 29 heavy (non-hydrogen) atoms. The number of rotatable bonds is 6. The lowest BCUT2D eigenvalue weighted by atomic mass is 10.1. The molecule has 4 rings (SSSR count). The van der Waals surface area contributed by atoms with Crippen LogP contribution in [0.4, 0.5) is 0 Å². The standard InChI is InChI=1S/C21H19N5O3/c1-13-11-15(25-29-13)12-26-17-10-6-5-9-16(17)19(24-26)21(28)23-18(20(22)27)14-7-3-2-4-8-14/h2-11,18H,12H2,1H3,(H2,22,27)(H,23,28). The number of nitrogens with one attached hydrogen (secondary N) is 1. The number of amides is 2. The van der Waals surface area contributed by atoms with Gasteiger partial charge in [-0.05, 0) is 18.6 Å². The largest absolute Gasteiger partial charge is 0.368 e. The van der Waals surface area contributed by atoms with Crippen LogP contribution in [-0.2, 0) is 11.3 Å². The fraction of sp³-hybridized carbons (Fsp3) is 0.143. The number of aromatic nitrogens is 3. The highest BCUT2D eigenvalue weighted by Crippen LogP contribution is 2.21. The van der Waals surface area contributed by atoms with Gasteiger partial charge in [-0.1, -0.05) is 53.7 Å². The van der Waals surface area contributed by atoms with Crippen LogP contribution in [0.25, 0.3) is 10.9 Å². The molecule has 4 aromatic rings. The first-order valence-electron chi connectivity index (χ1n) is 9.06. The van der Waals surface area contributed by atoms with Gasteiger partial charge < -0.3 is 15.6 Å². The fourth-order valence-corrected chi connectivity index (χ4v) is 3.23. The average Bonchev–Trinajstić information content (AvgIpc) is 3.30. The maximum atomic E-state index is 13.0. The number of fused-ring (bicyclic) bond motifs is 1. The van der Waals surface area contributed by atoms with E-state index in [1.54, 1.807) is 28.9 Å². The van der Waals surface area contributed by atoms with Crippen LogP contribution >= 0.6 is 0 Å². The van der Waals surface area contributed by atoms with Crippen LogP contribution in [0, 0.1) is 6.92 Å². The maximum absolute atomic E-state index is 13.0. The first-order valence-corrected chi connectivity index (χ1v) is 9.06. The molecule has 2 aromatic carbocycles. The Kier molecular flexibility index (Phi) is 4.82. The van der Waals surface area contributed by atoms with Gasteiger partial charge in [-0.3, -0.25) is 14.3 Å². The molecule has 0 saturated carbocycles. The topological polar surface area (TPSA) is 116 Å². The van der Waals surface area contributed by atoms with E-state index in [0.717, 1.165) is 5.52 Å². The molecule has 8 heteroatoms. The smallest absolute Gasteiger partial charge is 0.273 e. The van der Waals surface area contributed by atoms with Gasteiger partial charge in [-0.2, -0.15) is 5.10 Å². The van der Waals surface area contributed by atoms with Crippen LogP contribution in [0.3, 0.4) is 0 Å². The molecule has 1 atom stereocenters. The van der Waals surface area contributed by atoms with Gasteiger partial charge >= 0.3 is 0 Å². The van der Waals surface area contributed by atoms with Crippen molar-refractivity contribution in [3.05, 3.63) is 83.4 Å². The van der Waals surface area contributed by atoms with E-state index in [1.165, 1.54) is 0 Å². The van der Waals surface area contributed by atoms with Gasteiger partial charge in [0.15, 0.2) is 5.69 Å². The van der Waals surface area contributed by atoms with E-state index in [2.05, 4.69) is 15.6 Å². The third-order valence-electron chi connectivity index (χ3n) is 4.55. The Hall–Kier alpha value is -3.94. The molecule has 2 heterocycles. The second-order valence-corrected chi connectivity index (χ2v) is 6.67. The molecule has 0 fully saturated rings. The zero-order valence-corrected chi connectivity index (χ0v) is 15.7. The molecule has 2 amide bonds. The summed E-state index contributed by atoms with van der Waals surface area (Å²) in [5.74, 6) is -0.433. The van der Waals surface area contributed by atoms with Crippen LogP contribution in [-0.4, -0.2) is 26.8 Å². The van der Waals surface area contributed by atoms with Gasteiger partial charge in [-0.15, -0.1) is 0 Å². The summed E-state index contributed by atoms with van der Waals surface area (Å²) in [7, 11) is 0. The monoisotopic (exact) mass is 389 g/mol. The quantitative estimate of drug-likeness (QED) is 0.525.